The highest BCUT2D eigenvalue weighted by atomic mass is 32.2. The zero-order chi connectivity index (χ0) is 23.3. The number of anilines is 3. The fourth-order valence-electron chi connectivity index (χ4n) is 3.01. The summed E-state index contributed by atoms with van der Waals surface area (Å²) in [5.41, 5.74) is 2.55. The van der Waals surface area contributed by atoms with E-state index in [1.807, 2.05) is 31.2 Å². The lowest BCUT2D eigenvalue weighted by atomic mass is 10.1. The number of nitrogens with zero attached hydrogens (tertiary/aromatic N) is 4. The lowest BCUT2D eigenvalue weighted by Crippen LogP contribution is -2.16. The van der Waals surface area contributed by atoms with Crippen LogP contribution in [-0.4, -0.2) is 39.3 Å². The Balaban J connectivity index is 1.63. The van der Waals surface area contributed by atoms with Gasteiger partial charge in [-0.25, -0.2) is 13.4 Å². The van der Waals surface area contributed by atoms with Crippen molar-refractivity contribution in [2.45, 2.75) is 20.0 Å². The highest BCUT2D eigenvalue weighted by Crippen LogP contribution is 2.34. The van der Waals surface area contributed by atoms with Gasteiger partial charge in [0.15, 0.2) is 5.82 Å². The topological polar surface area (TPSA) is 135 Å². The van der Waals surface area contributed by atoms with Gasteiger partial charge in [-0.3, -0.25) is 19.8 Å². The van der Waals surface area contributed by atoms with Gasteiger partial charge in [0.1, 0.15) is 17.7 Å². The van der Waals surface area contributed by atoms with Crippen molar-refractivity contribution in [1.82, 2.24) is 25.1 Å². The Labute approximate surface area is 191 Å². The van der Waals surface area contributed by atoms with Gasteiger partial charge in [-0.1, -0.05) is 12.1 Å². The molecule has 1 atom stereocenters. The summed E-state index contributed by atoms with van der Waals surface area (Å²) in [4.78, 5) is 12.5. The molecule has 0 aliphatic heterocycles. The molecule has 0 radical (unpaired) electrons. The summed E-state index contributed by atoms with van der Waals surface area (Å²) in [6.45, 7) is 3.43. The fourth-order valence-corrected chi connectivity index (χ4v) is 3.66. The molecule has 4 rings (SSSR count). The first-order chi connectivity index (χ1) is 15.9. The summed E-state index contributed by atoms with van der Waals surface area (Å²) in [5.74, 6) is 1.45. The lowest BCUT2D eigenvalue weighted by Gasteiger charge is -2.18. The van der Waals surface area contributed by atoms with E-state index in [-0.39, 0.29) is 5.75 Å². The molecule has 0 spiro atoms. The first kappa shape index (κ1) is 22.2. The van der Waals surface area contributed by atoms with E-state index in [1.54, 1.807) is 49.9 Å². The number of aromatic nitrogens is 5. The van der Waals surface area contributed by atoms with Crippen LogP contribution >= 0.6 is 0 Å². The van der Waals surface area contributed by atoms with Gasteiger partial charge in [-0.15, -0.1) is 0 Å². The molecule has 0 bridgehead atoms. The van der Waals surface area contributed by atoms with Crippen LogP contribution in [0.2, 0.25) is 0 Å². The number of sulfonamides is 1. The second-order valence-electron chi connectivity index (χ2n) is 7.11. The molecule has 0 unspecified atom stereocenters. The van der Waals surface area contributed by atoms with Gasteiger partial charge in [0.05, 0.1) is 29.0 Å². The average Bonchev–Trinajstić information content (AvgIpc) is 3.29. The number of H-pyrrole nitrogens is 1. The lowest BCUT2D eigenvalue weighted by molar-refractivity contribution is 0.223. The molecular weight excluding hydrogens is 442 g/mol. The maximum Gasteiger partial charge on any atom is 0.232 e. The van der Waals surface area contributed by atoms with Crippen LogP contribution in [-0.2, 0) is 10.0 Å². The number of hydrogen-bond donors (Lipinski definition) is 3. The molecule has 0 amide bonds. The van der Waals surface area contributed by atoms with Crippen LogP contribution < -0.4 is 14.8 Å². The Bertz CT molecular complexity index is 1310. The van der Waals surface area contributed by atoms with Crippen molar-refractivity contribution < 1.29 is 13.2 Å². The second-order valence-corrected chi connectivity index (χ2v) is 9.12. The highest BCUT2D eigenvalue weighted by molar-refractivity contribution is 7.92. The summed E-state index contributed by atoms with van der Waals surface area (Å²) in [5, 5.41) is 10.3. The molecule has 0 aliphatic carbocycles. The zero-order valence-corrected chi connectivity index (χ0v) is 18.9. The third-order valence-electron chi connectivity index (χ3n) is 4.74. The van der Waals surface area contributed by atoms with E-state index in [0.29, 0.717) is 28.8 Å². The molecule has 4 aromatic rings. The van der Waals surface area contributed by atoms with Crippen molar-refractivity contribution in [3.05, 3.63) is 72.9 Å². The van der Waals surface area contributed by atoms with Crippen LogP contribution in [0.4, 0.5) is 17.3 Å². The zero-order valence-electron chi connectivity index (χ0n) is 18.1. The van der Waals surface area contributed by atoms with Crippen molar-refractivity contribution in [2.75, 3.05) is 15.8 Å². The molecule has 3 aromatic heterocycles. The van der Waals surface area contributed by atoms with Gasteiger partial charge in [0.25, 0.3) is 0 Å². The van der Waals surface area contributed by atoms with E-state index >= 15 is 0 Å². The predicted molar refractivity (Wildman–Crippen MR) is 126 cm³/mol. The van der Waals surface area contributed by atoms with Gasteiger partial charge >= 0.3 is 0 Å². The van der Waals surface area contributed by atoms with Gasteiger partial charge in [-0.2, -0.15) is 5.10 Å². The number of pyridine rings is 1. The molecule has 33 heavy (non-hydrogen) atoms. The van der Waals surface area contributed by atoms with Crippen LogP contribution in [0.3, 0.4) is 0 Å². The minimum atomic E-state index is -3.49. The Morgan fingerprint density at radius 1 is 1.06 bits per heavy atom. The van der Waals surface area contributed by atoms with E-state index in [1.165, 1.54) is 0 Å². The molecule has 3 heterocycles. The van der Waals surface area contributed by atoms with Crippen LogP contribution in [0, 0.1) is 0 Å². The molecule has 10 nitrogen and oxygen atoms in total. The fraction of sp³-hybridized carbons (Fsp3) is 0.182. The van der Waals surface area contributed by atoms with Gasteiger partial charge in [0, 0.05) is 30.2 Å². The summed E-state index contributed by atoms with van der Waals surface area (Å²) < 4.78 is 33.1. The number of nitrogens with one attached hydrogen (secondary N) is 3. The van der Waals surface area contributed by atoms with Crippen molar-refractivity contribution in [3.63, 3.8) is 0 Å². The van der Waals surface area contributed by atoms with Crippen LogP contribution in [0.1, 0.15) is 25.6 Å². The molecule has 0 fully saturated rings. The van der Waals surface area contributed by atoms with Crippen LogP contribution in [0.25, 0.3) is 11.3 Å². The van der Waals surface area contributed by atoms with Crippen LogP contribution in [0.15, 0.2) is 67.3 Å². The van der Waals surface area contributed by atoms with Gasteiger partial charge < -0.3 is 10.1 Å². The van der Waals surface area contributed by atoms with Crippen LogP contribution in [0.5, 0.6) is 5.75 Å². The average molecular weight is 466 g/mol. The third kappa shape index (κ3) is 5.63. The summed E-state index contributed by atoms with van der Waals surface area (Å²) in [6.07, 6.45) is 6.04. The van der Waals surface area contributed by atoms with Crippen molar-refractivity contribution in [3.8, 4) is 17.0 Å². The normalized spacial score (nSPS) is 12.2. The second kappa shape index (κ2) is 9.65. The third-order valence-corrected chi connectivity index (χ3v) is 6.03. The number of ether oxygens (including phenoxy) is 1. The monoisotopic (exact) mass is 465 g/mol. The molecule has 0 saturated carbocycles. The van der Waals surface area contributed by atoms with E-state index in [0.717, 1.165) is 11.3 Å². The molecule has 170 valence electrons. The summed E-state index contributed by atoms with van der Waals surface area (Å²) in [6, 6.07) is 12.6. The SMILES string of the molecule is CCS(=O)(=O)Nc1ccc(-c2cc(Nc3cnccn3)n[nH]2)cc1O[C@@H](C)c1ccccn1. The standard InChI is InChI=1S/C22H23N7O3S/c1-3-33(30,31)29-18-8-7-16(12-20(18)32-15(2)17-6-4-5-9-24-17)19-13-21(28-27-19)26-22-14-23-10-11-25-22/h4-15,29H,3H2,1-2H3,(H2,25,26,27,28)/t15-/m0/s1. The molecule has 0 saturated heterocycles. The Morgan fingerprint density at radius 2 is 1.94 bits per heavy atom. The smallest absolute Gasteiger partial charge is 0.232 e. The molecule has 3 N–H and O–H groups in total. The number of hydrogen-bond acceptors (Lipinski definition) is 8. The summed E-state index contributed by atoms with van der Waals surface area (Å²) in [7, 11) is -3.49. The predicted octanol–water partition coefficient (Wildman–Crippen LogP) is 3.91. The summed E-state index contributed by atoms with van der Waals surface area (Å²) >= 11 is 0. The first-order valence-electron chi connectivity index (χ1n) is 10.2. The minimum Gasteiger partial charge on any atom is -0.482 e. The quantitative estimate of drug-likeness (QED) is 0.339. The van der Waals surface area contributed by atoms with E-state index in [9.17, 15) is 8.42 Å². The molecule has 11 heteroatoms. The van der Waals surface area contributed by atoms with Crippen molar-refractivity contribution >= 4 is 27.3 Å². The molecule has 0 aliphatic rings. The Hall–Kier alpha value is -3.99. The van der Waals surface area contributed by atoms with Crippen molar-refractivity contribution in [1.29, 1.82) is 0 Å². The number of benzene rings is 1. The van der Waals surface area contributed by atoms with Crippen molar-refractivity contribution in [2.24, 2.45) is 0 Å². The van der Waals surface area contributed by atoms with E-state index in [2.05, 4.69) is 35.2 Å². The van der Waals surface area contributed by atoms with E-state index in [4.69, 9.17) is 4.74 Å². The maximum absolute atomic E-state index is 12.2. The van der Waals surface area contributed by atoms with Gasteiger partial charge in [-0.05, 0) is 38.1 Å². The minimum absolute atomic E-state index is 0.0536. The molecule has 1 aromatic carbocycles. The number of aromatic amines is 1. The Morgan fingerprint density at radius 3 is 2.67 bits per heavy atom. The van der Waals surface area contributed by atoms with E-state index < -0.39 is 16.1 Å². The number of rotatable bonds is 9. The highest BCUT2D eigenvalue weighted by Gasteiger charge is 2.17. The largest absolute Gasteiger partial charge is 0.482 e. The maximum atomic E-state index is 12.2. The molecular formula is C22H23N7O3S. The Kier molecular flexibility index (Phi) is 6.50. The first-order valence-corrected chi connectivity index (χ1v) is 11.9. The van der Waals surface area contributed by atoms with Gasteiger partial charge in [0.2, 0.25) is 10.0 Å².